The van der Waals surface area contributed by atoms with Crippen LogP contribution in [0.25, 0.3) is 0 Å². The van der Waals surface area contributed by atoms with E-state index in [9.17, 15) is 5.11 Å². The minimum Gasteiger partial charge on any atom is -0.380 e. The summed E-state index contributed by atoms with van der Waals surface area (Å²) in [5, 5.41) is 9.21. The highest BCUT2D eigenvalue weighted by Crippen LogP contribution is 2.17. The summed E-state index contributed by atoms with van der Waals surface area (Å²) in [4.78, 5) is 0. The molecule has 0 rings (SSSR count). The Morgan fingerprint density at radius 3 is 1.89 bits per heavy atom. The van der Waals surface area contributed by atoms with Crippen LogP contribution in [0.5, 0.6) is 0 Å². The monoisotopic (exact) mass is 126 g/mol. The quantitative estimate of drug-likeness (QED) is 0.487. The molecule has 1 N–H and O–H groups in total. The predicted molar refractivity (Wildman–Crippen MR) is 38.9 cm³/mol. The third kappa shape index (κ3) is 3.16. The van der Waals surface area contributed by atoms with Crippen LogP contribution in [0.2, 0.25) is 0 Å². The second-order valence-electron chi connectivity index (χ2n) is 3.16. The zero-order chi connectivity index (χ0) is 7.49. The molecule has 0 saturated heterocycles. The van der Waals surface area contributed by atoms with Crippen LogP contribution in [0, 0.1) is 17.3 Å². The Balaban J connectivity index is 3.99. The van der Waals surface area contributed by atoms with E-state index >= 15 is 0 Å². The molecule has 0 aromatic carbocycles. The Morgan fingerprint density at radius 1 is 1.33 bits per heavy atom. The first-order valence-electron chi connectivity index (χ1n) is 3.09. The maximum Gasteiger partial charge on any atom is 0.119 e. The van der Waals surface area contributed by atoms with Crippen LogP contribution in [0.1, 0.15) is 27.7 Å². The second kappa shape index (κ2) is 2.89. The maximum atomic E-state index is 9.21. The van der Waals surface area contributed by atoms with E-state index in [4.69, 9.17) is 0 Å². The fraction of sp³-hybridized carbons (Fsp3) is 0.750. The van der Waals surface area contributed by atoms with Gasteiger partial charge < -0.3 is 5.11 Å². The second-order valence-corrected chi connectivity index (χ2v) is 3.16. The number of aliphatic hydroxyl groups excluding tert-OH is 1. The predicted octanol–water partition coefficient (Wildman–Crippen LogP) is 1.42. The number of hydrogen-bond acceptors (Lipinski definition) is 1. The third-order valence-electron chi connectivity index (χ3n) is 1.10. The molecule has 1 nitrogen and oxygen atoms in total. The summed E-state index contributed by atoms with van der Waals surface area (Å²) in [5.41, 5.74) is -0.108. The van der Waals surface area contributed by atoms with Crippen molar-refractivity contribution in [3.05, 3.63) is 0 Å². The molecule has 0 fully saturated rings. The summed E-state index contributed by atoms with van der Waals surface area (Å²) in [6.45, 7) is 7.61. The average molecular weight is 126 g/mol. The van der Waals surface area contributed by atoms with Gasteiger partial charge in [-0.15, -0.1) is 5.92 Å². The Hall–Kier alpha value is -0.480. The minimum atomic E-state index is -0.498. The molecular formula is C8H14O. The highest BCUT2D eigenvalue weighted by molar-refractivity contribution is 5.05. The lowest BCUT2D eigenvalue weighted by Gasteiger charge is -2.20. The summed E-state index contributed by atoms with van der Waals surface area (Å²) in [7, 11) is 0. The third-order valence-corrected chi connectivity index (χ3v) is 1.10. The van der Waals surface area contributed by atoms with Gasteiger partial charge in [0.05, 0.1) is 0 Å². The molecule has 0 aliphatic carbocycles. The van der Waals surface area contributed by atoms with Crippen molar-refractivity contribution in [2.45, 2.75) is 33.8 Å². The molecule has 1 atom stereocenters. The van der Waals surface area contributed by atoms with Gasteiger partial charge in [-0.2, -0.15) is 0 Å². The molecule has 0 bridgehead atoms. The summed E-state index contributed by atoms with van der Waals surface area (Å²) < 4.78 is 0. The minimum absolute atomic E-state index is 0.108. The number of aliphatic hydroxyl groups is 1. The van der Waals surface area contributed by atoms with E-state index in [2.05, 4.69) is 11.8 Å². The van der Waals surface area contributed by atoms with E-state index in [0.717, 1.165) is 0 Å². The van der Waals surface area contributed by atoms with Crippen LogP contribution in [-0.2, 0) is 0 Å². The lowest BCUT2D eigenvalue weighted by molar-refractivity contribution is 0.114. The van der Waals surface area contributed by atoms with Crippen LogP contribution in [0.3, 0.4) is 0 Å². The van der Waals surface area contributed by atoms with Gasteiger partial charge >= 0.3 is 0 Å². The summed E-state index contributed by atoms with van der Waals surface area (Å²) in [6, 6.07) is 0. The molecule has 0 aromatic rings. The first-order valence-corrected chi connectivity index (χ1v) is 3.09. The van der Waals surface area contributed by atoms with Gasteiger partial charge in [0.2, 0.25) is 0 Å². The number of rotatable bonds is 0. The molecule has 0 radical (unpaired) electrons. The SMILES string of the molecule is CC#C[C@H](O)C(C)(C)C. The van der Waals surface area contributed by atoms with Gasteiger partial charge in [0.25, 0.3) is 0 Å². The summed E-state index contributed by atoms with van der Waals surface area (Å²) in [5.74, 6) is 5.36. The van der Waals surface area contributed by atoms with Crippen LogP contribution >= 0.6 is 0 Å². The first kappa shape index (κ1) is 8.52. The largest absolute Gasteiger partial charge is 0.380 e. The van der Waals surface area contributed by atoms with Crippen molar-refractivity contribution in [3.63, 3.8) is 0 Å². The Labute approximate surface area is 57.1 Å². The standard InChI is InChI=1S/C8H14O/c1-5-6-7(9)8(2,3)4/h7,9H,1-4H3/t7-/m0/s1. The van der Waals surface area contributed by atoms with Gasteiger partial charge in [-0.1, -0.05) is 26.7 Å². The average Bonchev–Trinajstić information content (AvgIpc) is 1.64. The topological polar surface area (TPSA) is 20.2 Å². The highest BCUT2D eigenvalue weighted by atomic mass is 16.3. The van der Waals surface area contributed by atoms with Crippen LogP contribution in [0.4, 0.5) is 0 Å². The molecular weight excluding hydrogens is 112 g/mol. The molecule has 52 valence electrons. The normalized spacial score (nSPS) is 13.9. The van der Waals surface area contributed by atoms with Crippen LogP contribution < -0.4 is 0 Å². The molecule has 0 aliphatic heterocycles. The van der Waals surface area contributed by atoms with E-state index in [1.54, 1.807) is 6.92 Å². The van der Waals surface area contributed by atoms with Crippen LogP contribution in [0.15, 0.2) is 0 Å². The van der Waals surface area contributed by atoms with Gasteiger partial charge in [0.15, 0.2) is 0 Å². The molecule has 0 aliphatic rings. The van der Waals surface area contributed by atoms with E-state index in [1.165, 1.54) is 0 Å². The molecule has 0 amide bonds. The fourth-order valence-electron chi connectivity index (χ4n) is 0.353. The molecule has 0 unspecified atom stereocenters. The lowest BCUT2D eigenvalue weighted by atomic mass is 9.90. The van der Waals surface area contributed by atoms with Gasteiger partial charge in [-0.05, 0) is 12.3 Å². The zero-order valence-corrected chi connectivity index (χ0v) is 6.52. The maximum absolute atomic E-state index is 9.21. The molecule has 0 spiro atoms. The van der Waals surface area contributed by atoms with Crippen molar-refractivity contribution >= 4 is 0 Å². The molecule has 0 heterocycles. The van der Waals surface area contributed by atoms with Crippen molar-refractivity contribution in [2.24, 2.45) is 5.41 Å². The Kier molecular flexibility index (Phi) is 2.73. The van der Waals surface area contributed by atoms with E-state index in [-0.39, 0.29) is 5.41 Å². The van der Waals surface area contributed by atoms with E-state index in [0.29, 0.717) is 0 Å². The Morgan fingerprint density at radius 2 is 1.78 bits per heavy atom. The van der Waals surface area contributed by atoms with Crippen molar-refractivity contribution < 1.29 is 5.11 Å². The summed E-state index contributed by atoms with van der Waals surface area (Å²) in [6.07, 6.45) is -0.498. The Bertz CT molecular complexity index is 131. The fourth-order valence-corrected chi connectivity index (χ4v) is 0.353. The van der Waals surface area contributed by atoms with Crippen molar-refractivity contribution in [1.29, 1.82) is 0 Å². The molecule has 0 aromatic heterocycles. The highest BCUT2D eigenvalue weighted by Gasteiger charge is 2.18. The van der Waals surface area contributed by atoms with E-state index < -0.39 is 6.10 Å². The van der Waals surface area contributed by atoms with Gasteiger partial charge in [-0.3, -0.25) is 0 Å². The van der Waals surface area contributed by atoms with Gasteiger partial charge in [0, 0.05) is 0 Å². The molecule has 1 heteroatoms. The molecule has 9 heavy (non-hydrogen) atoms. The van der Waals surface area contributed by atoms with Crippen LogP contribution in [-0.4, -0.2) is 11.2 Å². The van der Waals surface area contributed by atoms with Crippen molar-refractivity contribution in [3.8, 4) is 11.8 Å². The van der Waals surface area contributed by atoms with E-state index in [1.807, 2.05) is 20.8 Å². The van der Waals surface area contributed by atoms with Crippen molar-refractivity contribution in [2.75, 3.05) is 0 Å². The zero-order valence-electron chi connectivity index (χ0n) is 6.52. The summed E-state index contributed by atoms with van der Waals surface area (Å²) >= 11 is 0. The number of hydrogen-bond donors (Lipinski definition) is 1. The molecule has 0 saturated carbocycles. The lowest BCUT2D eigenvalue weighted by Crippen LogP contribution is -2.23. The van der Waals surface area contributed by atoms with Crippen molar-refractivity contribution in [1.82, 2.24) is 0 Å². The smallest absolute Gasteiger partial charge is 0.119 e. The first-order chi connectivity index (χ1) is 3.98. The van der Waals surface area contributed by atoms with Gasteiger partial charge in [-0.25, -0.2) is 0 Å². The van der Waals surface area contributed by atoms with Gasteiger partial charge in [0.1, 0.15) is 6.10 Å².